The summed E-state index contributed by atoms with van der Waals surface area (Å²) >= 11 is 0. The molecule has 0 atom stereocenters. The van der Waals surface area contributed by atoms with Gasteiger partial charge in [0.1, 0.15) is 0 Å². The molecule has 194 valence electrons. The molecule has 9 aromatic rings. The summed E-state index contributed by atoms with van der Waals surface area (Å²) in [4.78, 5) is 0. The van der Waals surface area contributed by atoms with Gasteiger partial charge < -0.3 is 0 Å². The van der Waals surface area contributed by atoms with Gasteiger partial charge in [0.25, 0.3) is 0 Å². The molecule has 0 unspecified atom stereocenters. The standard InChI is InChI=1S/C42H26/c1-3-13-31-27(11-1)21-22-28-23-24-30(26-39(28)31)41-35-17-7-9-19-37(35)42(38-20-10-8-18-36(38)41)40-25-29-12-2-4-14-32(29)33-15-5-6-16-34(33)40/h1-26H/i1D,2D,3D,4D,5D,6D,7D,8D,9D,10D,11D,12D,13D,14D,15D,16D,17D,18D,19D,21D,22D,23D,24D,25D,26D. The van der Waals surface area contributed by atoms with Crippen molar-refractivity contribution in [3.63, 3.8) is 0 Å². The van der Waals surface area contributed by atoms with Crippen LogP contribution in [0.3, 0.4) is 0 Å². The van der Waals surface area contributed by atoms with Crippen molar-refractivity contribution in [3.05, 3.63) is 157 Å². The number of fused-ring (bicyclic) bond motifs is 8. The zero-order chi connectivity index (χ0) is 49.4. The number of hydrogen-bond donors (Lipinski definition) is 0. The molecule has 0 radical (unpaired) electrons. The van der Waals surface area contributed by atoms with Crippen LogP contribution in [0.5, 0.6) is 0 Å². The first kappa shape index (κ1) is 9.54. The molecule has 0 nitrogen and oxygen atoms in total. The zero-order valence-corrected chi connectivity index (χ0v) is 21.1. The molecular weight excluding hydrogens is 504 g/mol. The van der Waals surface area contributed by atoms with Gasteiger partial charge in [-0.15, -0.1) is 0 Å². The van der Waals surface area contributed by atoms with Crippen molar-refractivity contribution < 1.29 is 34.3 Å². The van der Waals surface area contributed by atoms with Crippen molar-refractivity contribution in [2.24, 2.45) is 0 Å². The van der Waals surface area contributed by atoms with Crippen LogP contribution in [0.2, 0.25) is 0 Å². The SMILES string of the molecule is [2H]c1cc2c(-c3c([2H])c4c([2H])c([2H])c([2H])c([2H])c4c4c([2H])c([2H])c([2H])c([2H])c34)c3c([2H])c([2H])c([2H])c([2H])c3c(-c3c([2H])c([2H])c4c([2H])c([2H])c5c([2H])c([2H])c([2H])c([2H])c5c4c3[2H])c2c([2H])c1[2H]. The minimum Gasteiger partial charge on any atom is -0.0616 e. The fourth-order valence-corrected chi connectivity index (χ4v) is 5.39. The summed E-state index contributed by atoms with van der Waals surface area (Å²) in [6, 6.07) is -20.1. The minimum atomic E-state index is -0.943. The normalized spacial score (nSPS) is 20.1. The molecule has 0 amide bonds. The lowest BCUT2D eigenvalue weighted by Gasteiger charge is -2.20. The Morgan fingerprint density at radius 2 is 0.810 bits per heavy atom. The van der Waals surface area contributed by atoms with Gasteiger partial charge in [-0.2, -0.15) is 0 Å². The van der Waals surface area contributed by atoms with Crippen LogP contribution in [0, 0.1) is 0 Å². The van der Waals surface area contributed by atoms with Gasteiger partial charge in [-0.25, -0.2) is 0 Å². The molecule has 9 rings (SSSR count). The van der Waals surface area contributed by atoms with Crippen molar-refractivity contribution in [2.45, 2.75) is 0 Å². The number of hydrogen-bond acceptors (Lipinski definition) is 0. The molecule has 0 aliphatic carbocycles. The van der Waals surface area contributed by atoms with Gasteiger partial charge in [0.2, 0.25) is 0 Å². The molecule has 0 heterocycles. The summed E-state index contributed by atoms with van der Waals surface area (Å²) in [6.07, 6.45) is 0. The third-order valence-corrected chi connectivity index (χ3v) is 7.14. The second kappa shape index (κ2) is 9.03. The highest BCUT2D eigenvalue weighted by Crippen LogP contribution is 2.47. The van der Waals surface area contributed by atoms with Gasteiger partial charge >= 0.3 is 0 Å². The van der Waals surface area contributed by atoms with E-state index in [0.717, 1.165) is 6.07 Å². The van der Waals surface area contributed by atoms with Crippen molar-refractivity contribution in [3.8, 4) is 22.3 Å². The molecular formula is C42H26. The molecule has 42 heavy (non-hydrogen) atoms. The molecule has 9 aromatic carbocycles. The summed E-state index contributed by atoms with van der Waals surface area (Å²) in [6.45, 7) is 0. The zero-order valence-electron chi connectivity index (χ0n) is 46.1. The van der Waals surface area contributed by atoms with Crippen LogP contribution in [0.1, 0.15) is 34.3 Å². The Morgan fingerprint density at radius 3 is 1.57 bits per heavy atom. The van der Waals surface area contributed by atoms with Crippen LogP contribution in [0.15, 0.2) is 157 Å². The van der Waals surface area contributed by atoms with Gasteiger partial charge in [0.15, 0.2) is 0 Å². The quantitative estimate of drug-likeness (QED) is 0.147. The van der Waals surface area contributed by atoms with Gasteiger partial charge in [-0.05, 0) is 99.0 Å². The summed E-state index contributed by atoms with van der Waals surface area (Å²) in [5.41, 5.74) is -2.47. The van der Waals surface area contributed by atoms with E-state index in [0.29, 0.717) is 0 Å². The van der Waals surface area contributed by atoms with Crippen molar-refractivity contribution in [1.29, 1.82) is 0 Å². The van der Waals surface area contributed by atoms with Gasteiger partial charge in [0.05, 0.1) is 34.3 Å². The van der Waals surface area contributed by atoms with Crippen LogP contribution < -0.4 is 0 Å². The third-order valence-electron chi connectivity index (χ3n) is 7.14. The molecule has 0 aliphatic heterocycles. The average molecular weight is 556 g/mol. The Morgan fingerprint density at radius 1 is 0.310 bits per heavy atom. The van der Waals surface area contributed by atoms with E-state index in [-0.39, 0.29) is 0 Å². The molecule has 0 aliphatic rings. The Bertz CT molecular complexity index is 3910. The van der Waals surface area contributed by atoms with E-state index >= 15 is 0 Å². The highest BCUT2D eigenvalue weighted by molar-refractivity contribution is 6.26. The van der Waals surface area contributed by atoms with Gasteiger partial charge in [-0.1, -0.05) is 145 Å². The average Bonchev–Trinajstić information content (AvgIpc) is 3.29. The summed E-state index contributed by atoms with van der Waals surface area (Å²) in [5, 5.41) is -6.57. The first-order chi connectivity index (χ1) is 31.3. The maximum absolute atomic E-state index is 9.79. The minimum absolute atomic E-state index is 0.444. The highest BCUT2D eigenvalue weighted by atomic mass is 14.2. The fraction of sp³-hybridized carbons (Fsp3) is 0. The van der Waals surface area contributed by atoms with Gasteiger partial charge in [-0.3, -0.25) is 0 Å². The van der Waals surface area contributed by atoms with E-state index in [9.17, 15) is 11.0 Å². The second-order valence-corrected chi connectivity index (χ2v) is 9.33. The monoisotopic (exact) mass is 555 g/mol. The molecule has 0 spiro atoms. The Hall–Kier alpha value is -5.46. The summed E-state index contributed by atoms with van der Waals surface area (Å²) in [7, 11) is 0. The van der Waals surface area contributed by atoms with E-state index in [4.69, 9.17) is 23.3 Å². The topological polar surface area (TPSA) is 0 Å². The summed E-state index contributed by atoms with van der Waals surface area (Å²) < 4.78 is 224. The molecule has 0 aromatic heterocycles. The van der Waals surface area contributed by atoms with Crippen LogP contribution >= 0.6 is 0 Å². The third kappa shape index (κ3) is 3.36. The Labute approximate surface area is 279 Å². The van der Waals surface area contributed by atoms with E-state index in [1.807, 2.05) is 0 Å². The molecule has 0 saturated heterocycles. The fourth-order valence-electron chi connectivity index (χ4n) is 5.39. The van der Waals surface area contributed by atoms with Gasteiger partial charge in [0, 0.05) is 0 Å². The first-order valence-corrected chi connectivity index (χ1v) is 12.6. The van der Waals surface area contributed by atoms with Crippen molar-refractivity contribution in [1.82, 2.24) is 0 Å². The lowest BCUT2D eigenvalue weighted by Crippen LogP contribution is -1.92. The lowest BCUT2D eigenvalue weighted by atomic mass is 9.83. The lowest BCUT2D eigenvalue weighted by molar-refractivity contribution is 1.69. The molecule has 0 bridgehead atoms. The molecule has 0 saturated carbocycles. The van der Waals surface area contributed by atoms with E-state index in [1.54, 1.807) is 0 Å². The van der Waals surface area contributed by atoms with Crippen LogP contribution in [-0.2, 0) is 0 Å². The second-order valence-electron chi connectivity index (χ2n) is 9.33. The van der Waals surface area contributed by atoms with Crippen molar-refractivity contribution >= 4 is 64.6 Å². The van der Waals surface area contributed by atoms with Crippen LogP contribution in [0.25, 0.3) is 86.9 Å². The van der Waals surface area contributed by atoms with Crippen LogP contribution in [0.4, 0.5) is 0 Å². The smallest absolute Gasteiger partial charge is 0.0616 e. The maximum atomic E-state index is 9.79. The predicted molar refractivity (Wildman–Crippen MR) is 182 cm³/mol. The van der Waals surface area contributed by atoms with E-state index in [1.165, 1.54) is 0 Å². The molecule has 0 N–H and O–H groups in total. The van der Waals surface area contributed by atoms with Crippen molar-refractivity contribution in [2.75, 3.05) is 0 Å². The Balaban J connectivity index is 1.69. The predicted octanol–water partition coefficient (Wildman–Crippen LogP) is 11.9. The van der Waals surface area contributed by atoms with E-state index in [2.05, 4.69) is 0 Å². The largest absolute Gasteiger partial charge is 0.0636 e. The first-order valence-electron chi connectivity index (χ1n) is 25.1. The van der Waals surface area contributed by atoms with Crippen LogP contribution in [-0.4, -0.2) is 0 Å². The maximum Gasteiger partial charge on any atom is 0.0636 e. The number of rotatable bonds is 2. The Kier molecular flexibility index (Phi) is 2.05. The molecule has 0 fully saturated rings. The molecule has 0 heteroatoms. The van der Waals surface area contributed by atoms with E-state index < -0.39 is 238 Å². The summed E-state index contributed by atoms with van der Waals surface area (Å²) in [5.74, 6) is 0. The highest BCUT2D eigenvalue weighted by Gasteiger charge is 2.19. The number of benzene rings is 9.